The van der Waals surface area contributed by atoms with E-state index in [1.165, 1.54) is 11.3 Å². The predicted molar refractivity (Wildman–Crippen MR) is 102 cm³/mol. The van der Waals surface area contributed by atoms with Crippen LogP contribution in [0.25, 0.3) is 10.6 Å². The minimum Gasteiger partial charge on any atom is -0.494 e. The highest BCUT2D eigenvalue weighted by Crippen LogP contribution is 2.33. The lowest BCUT2D eigenvalue weighted by atomic mass is 10.2. The van der Waals surface area contributed by atoms with Gasteiger partial charge < -0.3 is 14.5 Å². The Hall–Kier alpha value is -1.63. The molecule has 0 radical (unpaired) electrons. The molecule has 2 aromatic rings. The molecule has 0 unspecified atom stereocenters. The van der Waals surface area contributed by atoms with E-state index in [1.807, 2.05) is 22.4 Å². The van der Waals surface area contributed by atoms with Crippen LogP contribution >= 0.6 is 22.9 Å². The van der Waals surface area contributed by atoms with Crippen LogP contribution in [0.5, 0.6) is 5.75 Å². The molecular formula is C18H22ClN3O2S. The number of halogens is 1. The van der Waals surface area contributed by atoms with Gasteiger partial charge in [-0.3, -0.25) is 4.79 Å². The van der Waals surface area contributed by atoms with Gasteiger partial charge in [0.15, 0.2) is 0 Å². The first-order valence-corrected chi connectivity index (χ1v) is 9.70. The third-order valence-corrected chi connectivity index (χ3v) is 5.35. The summed E-state index contributed by atoms with van der Waals surface area (Å²) in [6, 6.07) is 5.59. The molecule has 0 N–H and O–H groups in total. The normalized spacial score (nSPS) is 15.4. The van der Waals surface area contributed by atoms with Crippen molar-refractivity contribution in [3.8, 4) is 16.3 Å². The fourth-order valence-electron chi connectivity index (χ4n) is 2.65. The van der Waals surface area contributed by atoms with E-state index in [-0.39, 0.29) is 5.91 Å². The third kappa shape index (κ3) is 4.32. The lowest BCUT2D eigenvalue weighted by Gasteiger charge is -2.31. The van der Waals surface area contributed by atoms with Crippen LogP contribution in [0.1, 0.15) is 23.8 Å². The first kappa shape index (κ1) is 18.2. The Kier molecular flexibility index (Phi) is 5.93. The Labute approximate surface area is 157 Å². The van der Waals surface area contributed by atoms with Crippen molar-refractivity contribution in [1.29, 1.82) is 0 Å². The van der Waals surface area contributed by atoms with Gasteiger partial charge in [-0.15, -0.1) is 11.3 Å². The van der Waals surface area contributed by atoms with Crippen molar-refractivity contribution in [2.75, 3.05) is 39.8 Å². The molecule has 0 bridgehead atoms. The van der Waals surface area contributed by atoms with Gasteiger partial charge in [0.2, 0.25) is 0 Å². The van der Waals surface area contributed by atoms with Crippen LogP contribution < -0.4 is 4.74 Å². The highest BCUT2D eigenvalue weighted by Gasteiger charge is 2.23. The number of hydrogen-bond acceptors (Lipinski definition) is 5. The number of amides is 1. The molecule has 2 heterocycles. The highest BCUT2D eigenvalue weighted by atomic mass is 35.5. The van der Waals surface area contributed by atoms with Crippen molar-refractivity contribution in [3.05, 3.63) is 34.3 Å². The molecular weight excluding hydrogens is 358 g/mol. The van der Waals surface area contributed by atoms with Gasteiger partial charge >= 0.3 is 0 Å². The number of carbonyl (C=O) groups excluding carboxylic acids is 1. The molecule has 1 amide bonds. The first-order valence-electron chi connectivity index (χ1n) is 8.44. The van der Waals surface area contributed by atoms with Crippen molar-refractivity contribution in [2.45, 2.75) is 13.3 Å². The summed E-state index contributed by atoms with van der Waals surface area (Å²) in [5, 5.41) is 3.15. The second kappa shape index (κ2) is 8.17. The molecule has 5 nitrogen and oxygen atoms in total. The molecule has 0 aliphatic carbocycles. The van der Waals surface area contributed by atoms with Gasteiger partial charge in [-0.1, -0.05) is 18.5 Å². The van der Waals surface area contributed by atoms with Gasteiger partial charge in [0.1, 0.15) is 16.5 Å². The number of benzene rings is 1. The number of ether oxygens (including phenoxy) is 1. The summed E-state index contributed by atoms with van der Waals surface area (Å²) in [7, 11) is 2.07. The standard InChI is InChI=1S/C18H22ClN3O2S/c1-3-10-24-13-4-5-14(15(19)11-13)17-20-16(12-25-17)18(23)22-8-6-21(2)7-9-22/h4-5,11-12H,3,6-10H2,1-2H3. The summed E-state index contributed by atoms with van der Waals surface area (Å²) in [6.07, 6.45) is 0.948. The van der Waals surface area contributed by atoms with E-state index >= 15 is 0 Å². The topological polar surface area (TPSA) is 45.7 Å². The summed E-state index contributed by atoms with van der Waals surface area (Å²) in [5.41, 5.74) is 1.32. The van der Waals surface area contributed by atoms with Gasteiger partial charge in [-0.05, 0) is 31.7 Å². The van der Waals surface area contributed by atoms with Crippen LogP contribution in [0.4, 0.5) is 0 Å². The van der Waals surface area contributed by atoms with Crippen molar-refractivity contribution in [1.82, 2.24) is 14.8 Å². The Balaban J connectivity index is 1.73. The molecule has 0 saturated carbocycles. The van der Waals surface area contributed by atoms with Crippen LogP contribution in [0.15, 0.2) is 23.6 Å². The van der Waals surface area contributed by atoms with E-state index in [2.05, 4.69) is 23.9 Å². The number of likely N-dealkylation sites (N-methyl/N-ethyl adjacent to an activating group) is 1. The molecule has 3 rings (SSSR count). The third-order valence-electron chi connectivity index (χ3n) is 4.16. The molecule has 134 valence electrons. The largest absolute Gasteiger partial charge is 0.494 e. The molecule has 25 heavy (non-hydrogen) atoms. The van der Waals surface area contributed by atoms with Crippen molar-refractivity contribution in [3.63, 3.8) is 0 Å². The smallest absolute Gasteiger partial charge is 0.273 e. The maximum atomic E-state index is 12.6. The number of aromatic nitrogens is 1. The summed E-state index contributed by atoms with van der Waals surface area (Å²) >= 11 is 7.82. The average molecular weight is 380 g/mol. The Morgan fingerprint density at radius 1 is 1.32 bits per heavy atom. The summed E-state index contributed by atoms with van der Waals surface area (Å²) < 4.78 is 5.59. The molecule has 1 aliphatic heterocycles. The van der Waals surface area contributed by atoms with Gasteiger partial charge in [-0.25, -0.2) is 4.98 Å². The number of carbonyl (C=O) groups is 1. The number of nitrogens with zero attached hydrogens (tertiary/aromatic N) is 3. The fourth-order valence-corrected chi connectivity index (χ4v) is 3.80. The second-order valence-corrected chi connectivity index (χ2v) is 7.39. The minimum absolute atomic E-state index is 0.00498. The summed E-state index contributed by atoms with van der Waals surface area (Å²) in [4.78, 5) is 21.2. The second-order valence-electron chi connectivity index (χ2n) is 6.12. The van der Waals surface area contributed by atoms with Crippen molar-refractivity contribution < 1.29 is 9.53 Å². The van der Waals surface area contributed by atoms with Crippen LogP contribution in [-0.2, 0) is 0 Å². The zero-order valence-corrected chi connectivity index (χ0v) is 16.1. The molecule has 7 heteroatoms. The fraction of sp³-hybridized carbons (Fsp3) is 0.444. The monoisotopic (exact) mass is 379 g/mol. The Morgan fingerprint density at radius 3 is 2.76 bits per heavy atom. The number of hydrogen-bond donors (Lipinski definition) is 0. The molecule has 0 spiro atoms. The molecule has 1 aliphatic rings. The van der Waals surface area contributed by atoms with E-state index in [0.29, 0.717) is 17.3 Å². The number of rotatable bonds is 5. The van der Waals surface area contributed by atoms with Crippen LogP contribution in [0.3, 0.4) is 0 Å². The van der Waals surface area contributed by atoms with Gasteiger partial charge in [-0.2, -0.15) is 0 Å². The lowest BCUT2D eigenvalue weighted by Crippen LogP contribution is -2.47. The van der Waals surface area contributed by atoms with E-state index in [4.69, 9.17) is 16.3 Å². The quantitative estimate of drug-likeness (QED) is 0.795. The molecule has 0 atom stereocenters. The predicted octanol–water partition coefficient (Wildman–Crippen LogP) is 3.64. The Morgan fingerprint density at radius 2 is 2.08 bits per heavy atom. The van der Waals surface area contributed by atoms with Crippen molar-refractivity contribution in [2.24, 2.45) is 0 Å². The van der Waals surface area contributed by atoms with E-state index in [1.54, 1.807) is 6.07 Å². The SMILES string of the molecule is CCCOc1ccc(-c2nc(C(=O)N3CCN(C)CC3)cs2)c(Cl)c1. The maximum Gasteiger partial charge on any atom is 0.273 e. The minimum atomic E-state index is -0.00498. The summed E-state index contributed by atoms with van der Waals surface area (Å²) in [6.45, 7) is 6.00. The molecule has 1 aromatic carbocycles. The Bertz CT molecular complexity index is 742. The summed E-state index contributed by atoms with van der Waals surface area (Å²) in [5.74, 6) is 0.746. The molecule has 1 saturated heterocycles. The molecule has 1 fully saturated rings. The maximum absolute atomic E-state index is 12.6. The van der Waals surface area contributed by atoms with Gasteiger partial charge in [0.05, 0.1) is 11.6 Å². The van der Waals surface area contributed by atoms with Crippen LogP contribution in [0, 0.1) is 0 Å². The van der Waals surface area contributed by atoms with Gasteiger partial charge in [0.25, 0.3) is 5.91 Å². The first-order chi connectivity index (χ1) is 12.1. The number of piperazine rings is 1. The number of thiazole rings is 1. The highest BCUT2D eigenvalue weighted by molar-refractivity contribution is 7.13. The van der Waals surface area contributed by atoms with Gasteiger partial charge in [0, 0.05) is 37.1 Å². The van der Waals surface area contributed by atoms with E-state index in [9.17, 15) is 4.79 Å². The van der Waals surface area contributed by atoms with E-state index < -0.39 is 0 Å². The van der Waals surface area contributed by atoms with Crippen LogP contribution in [0.2, 0.25) is 5.02 Å². The molecule has 1 aromatic heterocycles. The van der Waals surface area contributed by atoms with Crippen molar-refractivity contribution >= 4 is 28.8 Å². The zero-order valence-electron chi connectivity index (χ0n) is 14.5. The van der Waals surface area contributed by atoms with E-state index in [0.717, 1.165) is 48.9 Å². The zero-order chi connectivity index (χ0) is 17.8. The van der Waals surface area contributed by atoms with Crippen LogP contribution in [-0.4, -0.2) is 60.5 Å². The lowest BCUT2D eigenvalue weighted by molar-refractivity contribution is 0.0659. The average Bonchev–Trinajstić information content (AvgIpc) is 3.10.